The number of anilines is 2. The van der Waals surface area contributed by atoms with Crippen molar-refractivity contribution in [3.05, 3.63) is 17.8 Å². The lowest BCUT2D eigenvalue weighted by molar-refractivity contribution is 0.945. The molecule has 0 aliphatic rings. The van der Waals surface area contributed by atoms with Gasteiger partial charge in [0.25, 0.3) is 0 Å². The second kappa shape index (κ2) is 5.10. The second-order valence-electron chi connectivity index (χ2n) is 3.31. The zero-order chi connectivity index (χ0) is 10.6. The molecule has 0 aliphatic carbocycles. The number of aromatic nitrogens is 1. The number of aryl methyl sites for hydroxylation is 1. The Morgan fingerprint density at radius 1 is 1.57 bits per heavy atom. The Morgan fingerprint density at radius 2 is 2.29 bits per heavy atom. The summed E-state index contributed by atoms with van der Waals surface area (Å²) in [6, 6.07) is 1.93. The smallest absolute Gasteiger partial charge is 0.130 e. The third-order valence-electron chi connectivity index (χ3n) is 2.15. The van der Waals surface area contributed by atoms with Crippen LogP contribution in [0.5, 0.6) is 0 Å². The van der Waals surface area contributed by atoms with E-state index in [0.29, 0.717) is 0 Å². The normalized spacial score (nSPS) is 10.2. The lowest BCUT2D eigenvalue weighted by Crippen LogP contribution is -2.21. The fourth-order valence-corrected chi connectivity index (χ4v) is 1.54. The third-order valence-corrected chi connectivity index (χ3v) is 2.74. The molecule has 0 atom stereocenters. The van der Waals surface area contributed by atoms with Crippen LogP contribution in [0.4, 0.5) is 11.5 Å². The Morgan fingerprint density at radius 3 is 2.86 bits per heavy atom. The van der Waals surface area contributed by atoms with Gasteiger partial charge >= 0.3 is 0 Å². The van der Waals surface area contributed by atoms with E-state index in [9.17, 15) is 0 Å². The summed E-state index contributed by atoms with van der Waals surface area (Å²) < 4.78 is 0. The predicted molar refractivity (Wildman–Crippen MR) is 65.0 cm³/mol. The maximum Gasteiger partial charge on any atom is 0.130 e. The van der Waals surface area contributed by atoms with Gasteiger partial charge < -0.3 is 10.6 Å². The number of nitrogens with zero attached hydrogens (tertiary/aromatic N) is 2. The minimum atomic E-state index is 0.811. The topological polar surface area (TPSA) is 42.1 Å². The molecule has 1 rings (SSSR count). The Balaban J connectivity index is 2.70. The SMILES string of the molecule is CSCCN(C)c1cc(N)c(C)cn1. The summed E-state index contributed by atoms with van der Waals surface area (Å²) in [5, 5.41) is 0. The zero-order valence-electron chi connectivity index (χ0n) is 8.95. The number of hydrogen-bond acceptors (Lipinski definition) is 4. The lowest BCUT2D eigenvalue weighted by Gasteiger charge is -2.18. The fourth-order valence-electron chi connectivity index (χ4n) is 1.08. The number of thioether (sulfide) groups is 1. The summed E-state index contributed by atoms with van der Waals surface area (Å²) in [6.07, 6.45) is 3.92. The number of rotatable bonds is 4. The van der Waals surface area contributed by atoms with Crippen LogP contribution in [0, 0.1) is 6.92 Å². The van der Waals surface area contributed by atoms with Crippen molar-refractivity contribution < 1.29 is 0 Å². The molecule has 0 saturated carbocycles. The Labute approximate surface area is 89.7 Å². The minimum absolute atomic E-state index is 0.811. The highest BCUT2D eigenvalue weighted by atomic mass is 32.2. The van der Waals surface area contributed by atoms with Crippen molar-refractivity contribution in [3.8, 4) is 0 Å². The van der Waals surface area contributed by atoms with Crippen LogP contribution in [0.25, 0.3) is 0 Å². The standard InChI is InChI=1S/C10H17N3S/c1-8-7-12-10(6-9(8)11)13(2)4-5-14-3/h6-7H,4-5H2,1-3H3,(H2,11,12). The molecule has 1 aromatic heterocycles. The average molecular weight is 211 g/mol. The molecule has 78 valence electrons. The molecule has 2 N–H and O–H groups in total. The van der Waals surface area contributed by atoms with E-state index < -0.39 is 0 Å². The van der Waals surface area contributed by atoms with E-state index in [0.717, 1.165) is 29.4 Å². The van der Waals surface area contributed by atoms with Gasteiger partial charge in [-0.2, -0.15) is 11.8 Å². The second-order valence-corrected chi connectivity index (χ2v) is 4.30. The molecule has 0 aliphatic heterocycles. The molecule has 14 heavy (non-hydrogen) atoms. The van der Waals surface area contributed by atoms with Gasteiger partial charge in [-0.1, -0.05) is 0 Å². The van der Waals surface area contributed by atoms with Crippen LogP contribution in [0.1, 0.15) is 5.56 Å². The van der Waals surface area contributed by atoms with Gasteiger partial charge in [-0.05, 0) is 18.7 Å². The molecular weight excluding hydrogens is 194 g/mol. The maximum absolute atomic E-state index is 5.82. The van der Waals surface area contributed by atoms with E-state index >= 15 is 0 Å². The van der Waals surface area contributed by atoms with Crippen molar-refractivity contribution >= 4 is 23.3 Å². The van der Waals surface area contributed by atoms with Crippen molar-refractivity contribution in [1.82, 2.24) is 4.98 Å². The summed E-state index contributed by atoms with van der Waals surface area (Å²) in [7, 11) is 2.04. The number of nitrogens with two attached hydrogens (primary N) is 1. The molecular formula is C10H17N3S. The quantitative estimate of drug-likeness (QED) is 0.824. The zero-order valence-corrected chi connectivity index (χ0v) is 9.77. The monoisotopic (exact) mass is 211 g/mol. The van der Waals surface area contributed by atoms with Crippen molar-refractivity contribution in [3.63, 3.8) is 0 Å². The molecule has 0 amide bonds. The van der Waals surface area contributed by atoms with Gasteiger partial charge in [-0.25, -0.2) is 4.98 Å². The van der Waals surface area contributed by atoms with Crippen LogP contribution in [0.3, 0.4) is 0 Å². The highest BCUT2D eigenvalue weighted by Gasteiger charge is 2.03. The van der Waals surface area contributed by atoms with Crippen molar-refractivity contribution in [2.45, 2.75) is 6.92 Å². The van der Waals surface area contributed by atoms with Crippen molar-refractivity contribution in [2.24, 2.45) is 0 Å². The lowest BCUT2D eigenvalue weighted by atomic mass is 10.2. The van der Waals surface area contributed by atoms with Gasteiger partial charge in [-0.15, -0.1) is 0 Å². The fraction of sp³-hybridized carbons (Fsp3) is 0.500. The van der Waals surface area contributed by atoms with Crippen LogP contribution in [0.15, 0.2) is 12.3 Å². The van der Waals surface area contributed by atoms with Crippen LogP contribution in [-0.4, -0.2) is 30.6 Å². The third kappa shape index (κ3) is 2.80. The summed E-state index contributed by atoms with van der Waals surface area (Å²) in [6.45, 7) is 2.96. The van der Waals surface area contributed by atoms with E-state index in [4.69, 9.17) is 5.73 Å². The molecule has 0 unspecified atom stereocenters. The van der Waals surface area contributed by atoms with Gasteiger partial charge in [0.15, 0.2) is 0 Å². The molecule has 4 heteroatoms. The largest absolute Gasteiger partial charge is 0.398 e. The first-order chi connectivity index (χ1) is 6.65. The van der Waals surface area contributed by atoms with E-state index in [1.165, 1.54) is 0 Å². The van der Waals surface area contributed by atoms with Crippen LogP contribution < -0.4 is 10.6 Å². The first kappa shape index (κ1) is 11.2. The molecule has 1 heterocycles. The molecule has 3 nitrogen and oxygen atoms in total. The summed E-state index contributed by atoms with van der Waals surface area (Å²) in [5.41, 5.74) is 7.66. The first-order valence-electron chi connectivity index (χ1n) is 4.57. The van der Waals surface area contributed by atoms with Crippen LogP contribution in [0.2, 0.25) is 0 Å². The van der Waals surface area contributed by atoms with Gasteiger partial charge in [-0.3, -0.25) is 0 Å². The highest BCUT2D eigenvalue weighted by molar-refractivity contribution is 7.98. The maximum atomic E-state index is 5.82. The Kier molecular flexibility index (Phi) is 4.07. The van der Waals surface area contributed by atoms with Crippen LogP contribution in [-0.2, 0) is 0 Å². The molecule has 0 spiro atoms. The Bertz CT molecular complexity index is 301. The molecule has 0 fully saturated rings. The minimum Gasteiger partial charge on any atom is -0.398 e. The van der Waals surface area contributed by atoms with Gasteiger partial charge in [0, 0.05) is 37.3 Å². The van der Waals surface area contributed by atoms with Gasteiger partial charge in [0.05, 0.1) is 0 Å². The number of hydrogen-bond donors (Lipinski definition) is 1. The van der Waals surface area contributed by atoms with Gasteiger partial charge in [0.1, 0.15) is 5.82 Å². The number of nitrogen functional groups attached to an aromatic ring is 1. The van der Waals surface area contributed by atoms with Crippen molar-refractivity contribution in [1.29, 1.82) is 0 Å². The molecule has 0 radical (unpaired) electrons. The summed E-state index contributed by atoms with van der Waals surface area (Å²) in [4.78, 5) is 6.45. The predicted octanol–water partition coefficient (Wildman–Crippen LogP) is 1.77. The number of pyridine rings is 1. The van der Waals surface area contributed by atoms with E-state index in [-0.39, 0.29) is 0 Å². The molecule has 0 aromatic carbocycles. The molecule has 0 saturated heterocycles. The van der Waals surface area contributed by atoms with Crippen molar-refractivity contribution in [2.75, 3.05) is 36.2 Å². The average Bonchev–Trinajstić information content (AvgIpc) is 2.18. The molecule has 1 aromatic rings. The highest BCUT2D eigenvalue weighted by Crippen LogP contribution is 2.16. The summed E-state index contributed by atoms with van der Waals surface area (Å²) >= 11 is 1.83. The van der Waals surface area contributed by atoms with E-state index in [1.807, 2.05) is 38.0 Å². The molecule has 0 bridgehead atoms. The first-order valence-corrected chi connectivity index (χ1v) is 5.96. The van der Waals surface area contributed by atoms with Gasteiger partial charge in [0.2, 0.25) is 0 Å². The summed E-state index contributed by atoms with van der Waals surface area (Å²) in [5.74, 6) is 2.05. The van der Waals surface area contributed by atoms with E-state index in [2.05, 4.69) is 16.1 Å². The Hall–Kier alpha value is -0.900. The van der Waals surface area contributed by atoms with Crippen LogP contribution >= 0.6 is 11.8 Å². The van der Waals surface area contributed by atoms with E-state index in [1.54, 1.807) is 0 Å².